The van der Waals surface area contributed by atoms with Crippen molar-refractivity contribution in [3.63, 3.8) is 0 Å². The minimum Gasteiger partial charge on any atom is -0.479 e. The molecule has 0 amide bonds. The van der Waals surface area contributed by atoms with Crippen LogP contribution in [0.1, 0.15) is 6.92 Å². The van der Waals surface area contributed by atoms with E-state index >= 15 is 0 Å². The van der Waals surface area contributed by atoms with Crippen molar-refractivity contribution in [1.29, 1.82) is 5.41 Å². The maximum atomic E-state index is 9.77. The van der Waals surface area contributed by atoms with Gasteiger partial charge in [0.1, 0.15) is 0 Å². The van der Waals surface area contributed by atoms with Crippen LogP contribution in [0, 0.1) is 5.41 Å². The number of rotatable bonds is 4. The fourth-order valence-corrected chi connectivity index (χ4v) is 0.440. The molecule has 0 aliphatic rings. The zero-order valence-electron chi connectivity index (χ0n) is 9.49. The van der Waals surface area contributed by atoms with E-state index < -0.39 is 24.1 Å². The number of aliphatic hydroxyl groups excluding tert-OH is 2. The summed E-state index contributed by atoms with van der Waals surface area (Å²) in [5, 5.41) is 39.3. The molecule has 100 valence electrons. The quantitative estimate of drug-likeness (QED) is 0.239. The second-order valence-electron chi connectivity index (χ2n) is 2.97. The van der Waals surface area contributed by atoms with Gasteiger partial charge in [-0.3, -0.25) is 5.41 Å². The average molecular weight is 251 g/mol. The van der Waals surface area contributed by atoms with Crippen LogP contribution >= 0.6 is 0 Å². The van der Waals surface area contributed by atoms with E-state index in [-0.39, 0.29) is 5.96 Å². The first-order chi connectivity index (χ1) is 7.64. The summed E-state index contributed by atoms with van der Waals surface area (Å²) in [6.45, 7) is 2.75. The Morgan fingerprint density at radius 3 is 1.59 bits per heavy atom. The minimum absolute atomic E-state index is 0.127. The predicted molar refractivity (Wildman–Crippen MR) is 57.5 cm³/mol. The van der Waals surface area contributed by atoms with Crippen molar-refractivity contribution in [2.75, 3.05) is 13.6 Å². The van der Waals surface area contributed by atoms with E-state index in [9.17, 15) is 9.59 Å². The highest BCUT2D eigenvalue weighted by molar-refractivity contribution is 5.83. The van der Waals surface area contributed by atoms with Crippen molar-refractivity contribution in [2.24, 2.45) is 5.73 Å². The van der Waals surface area contributed by atoms with E-state index in [1.807, 2.05) is 6.92 Å². The smallest absolute Gasteiger partial charge is 0.335 e. The summed E-state index contributed by atoms with van der Waals surface area (Å²) in [6.07, 6.45) is -4.53. The lowest BCUT2D eigenvalue weighted by molar-refractivity contribution is -0.165. The van der Waals surface area contributed by atoms with Crippen LogP contribution in [0.4, 0.5) is 0 Å². The molecule has 0 heterocycles. The number of nitrogens with one attached hydrogen (secondary N) is 1. The molecular formula is C8H17N3O6. The maximum absolute atomic E-state index is 9.77. The first-order valence-electron chi connectivity index (χ1n) is 4.52. The number of carboxylic acid groups (broad SMARTS) is 2. The highest BCUT2D eigenvalue weighted by atomic mass is 16.4. The topological polar surface area (TPSA) is 168 Å². The average Bonchev–Trinajstić information content (AvgIpc) is 2.26. The van der Waals surface area contributed by atoms with Gasteiger partial charge in [0.25, 0.3) is 0 Å². The summed E-state index contributed by atoms with van der Waals surface area (Å²) < 4.78 is 0. The zero-order chi connectivity index (χ0) is 14.2. The molecule has 0 bridgehead atoms. The third-order valence-corrected chi connectivity index (χ3v) is 1.69. The van der Waals surface area contributed by atoms with Crippen molar-refractivity contribution < 1.29 is 30.0 Å². The molecule has 0 aromatic heterocycles. The summed E-state index contributed by atoms with van der Waals surface area (Å²) in [4.78, 5) is 21.2. The van der Waals surface area contributed by atoms with E-state index in [4.69, 9.17) is 31.6 Å². The molecule has 0 fully saturated rings. The summed E-state index contributed by atoms with van der Waals surface area (Å²) in [5.74, 6) is -3.41. The van der Waals surface area contributed by atoms with Crippen molar-refractivity contribution in [3.8, 4) is 0 Å². The first kappa shape index (κ1) is 17.5. The van der Waals surface area contributed by atoms with Crippen LogP contribution in [0.25, 0.3) is 0 Å². The zero-order valence-corrected chi connectivity index (χ0v) is 9.49. The molecule has 17 heavy (non-hydrogen) atoms. The lowest BCUT2D eigenvalue weighted by Crippen LogP contribution is -2.39. The van der Waals surface area contributed by atoms with Gasteiger partial charge in [0.15, 0.2) is 18.2 Å². The predicted octanol–water partition coefficient (Wildman–Crippen LogP) is -2.29. The van der Waals surface area contributed by atoms with Crippen LogP contribution in [0.3, 0.4) is 0 Å². The number of aliphatic carboxylic acids is 2. The fraction of sp³-hybridized carbons (Fsp3) is 0.625. The van der Waals surface area contributed by atoms with Crippen LogP contribution in [-0.2, 0) is 9.59 Å². The van der Waals surface area contributed by atoms with Gasteiger partial charge in [-0.15, -0.1) is 0 Å². The number of guanidine groups is 1. The monoisotopic (exact) mass is 251 g/mol. The molecule has 0 saturated carbocycles. The number of carbonyl (C=O) groups is 2. The van der Waals surface area contributed by atoms with Crippen LogP contribution in [0.5, 0.6) is 0 Å². The Balaban J connectivity index is 0. The molecular weight excluding hydrogens is 234 g/mol. The Labute approximate surface area is 97.6 Å². The Kier molecular flexibility index (Phi) is 8.56. The third-order valence-electron chi connectivity index (χ3n) is 1.69. The molecule has 0 rings (SSSR count). The van der Waals surface area contributed by atoms with Gasteiger partial charge in [-0.1, -0.05) is 0 Å². The summed E-state index contributed by atoms with van der Waals surface area (Å²) in [6, 6.07) is 0. The van der Waals surface area contributed by atoms with Gasteiger partial charge in [-0.25, -0.2) is 9.59 Å². The highest BCUT2D eigenvalue weighted by Crippen LogP contribution is 1.92. The van der Waals surface area contributed by atoms with Crippen molar-refractivity contribution in [3.05, 3.63) is 0 Å². The summed E-state index contributed by atoms with van der Waals surface area (Å²) in [7, 11) is 1.78. The maximum Gasteiger partial charge on any atom is 0.335 e. The van der Waals surface area contributed by atoms with Gasteiger partial charge in [0.05, 0.1) is 0 Å². The SMILES string of the molecule is CCN(C)C(=N)N.O=C(O)[C@H](O)[C@@H](O)C(=O)O. The van der Waals surface area contributed by atoms with Crippen molar-refractivity contribution >= 4 is 17.9 Å². The van der Waals surface area contributed by atoms with Gasteiger partial charge in [-0.2, -0.15) is 0 Å². The lowest BCUT2D eigenvalue weighted by Gasteiger charge is -2.11. The molecule has 9 nitrogen and oxygen atoms in total. The minimum atomic E-state index is -2.27. The van der Waals surface area contributed by atoms with Crippen LogP contribution < -0.4 is 5.73 Å². The molecule has 9 heteroatoms. The summed E-state index contributed by atoms with van der Waals surface area (Å²) in [5.41, 5.74) is 5.06. The number of hydrogen-bond donors (Lipinski definition) is 6. The van der Waals surface area contributed by atoms with Gasteiger partial charge < -0.3 is 31.1 Å². The van der Waals surface area contributed by atoms with Gasteiger partial charge in [0.2, 0.25) is 0 Å². The molecule has 0 aliphatic carbocycles. The Morgan fingerprint density at radius 1 is 1.24 bits per heavy atom. The van der Waals surface area contributed by atoms with Crippen LogP contribution in [0.2, 0.25) is 0 Å². The molecule has 0 saturated heterocycles. The molecule has 0 radical (unpaired) electrons. The largest absolute Gasteiger partial charge is 0.479 e. The van der Waals surface area contributed by atoms with Gasteiger partial charge in [0, 0.05) is 13.6 Å². The van der Waals surface area contributed by atoms with E-state index in [0.717, 1.165) is 6.54 Å². The van der Waals surface area contributed by atoms with Crippen molar-refractivity contribution in [1.82, 2.24) is 4.90 Å². The van der Waals surface area contributed by atoms with E-state index in [0.29, 0.717) is 0 Å². The normalized spacial score (nSPS) is 12.7. The molecule has 7 N–H and O–H groups in total. The Hall–Kier alpha value is -1.87. The van der Waals surface area contributed by atoms with Gasteiger partial charge >= 0.3 is 11.9 Å². The third kappa shape index (κ3) is 7.99. The van der Waals surface area contributed by atoms with E-state index in [1.165, 1.54) is 0 Å². The number of nitrogens with two attached hydrogens (primary N) is 1. The van der Waals surface area contributed by atoms with Crippen LogP contribution in [-0.4, -0.2) is 69.0 Å². The first-order valence-corrected chi connectivity index (χ1v) is 4.52. The molecule has 0 aliphatic heterocycles. The molecule has 2 atom stereocenters. The summed E-state index contributed by atoms with van der Waals surface area (Å²) >= 11 is 0. The standard InChI is InChI=1S/C4H11N3.C4H6O6/c1-3-7(2)4(5)6;5-1(3(7)8)2(6)4(9)10/h3H2,1-2H3,(H3,5,6);1-2,5-6H,(H,7,8)(H,9,10)/t;1-,2-/m.1/s1. The molecule has 0 aromatic rings. The molecule has 0 aromatic carbocycles. The van der Waals surface area contributed by atoms with E-state index in [1.54, 1.807) is 11.9 Å². The van der Waals surface area contributed by atoms with Gasteiger partial charge in [-0.05, 0) is 6.92 Å². The lowest BCUT2D eigenvalue weighted by atomic mass is 10.2. The van der Waals surface area contributed by atoms with E-state index in [2.05, 4.69) is 0 Å². The molecule has 0 spiro atoms. The number of nitrogens with zero attached hydrogens (tertiary/aromatic N) is 1. The van der Waals surface area contributed by atoms with Crippen molar-refractivity contribution in [2.45, 2.75) is 19.1 Å². The number of hydrogen-bond acceptors (Lipinski definition) is 5. The second kappa shape index (κ2) is 8.30. The Morgan fingerprint density at radius 2 is 1.53 bits per heavy atom. The fourth-order valence-electron chi connectivity index (χ4n) is 0.440. The van der Waals surface area contributed by atoms with Crippen LogP contribution in [0.15, 0.2) is 0 Å². The molecule has 0 unspecified atom stereocenters. The Bertz CT molecular complexity index is 264. The highest BCUT2D eigenvalue weighted by Gasteiger charge is 2.29. The number of carboxylic acids is 2. The second-order valence-corrected chi connectivity index (χ2v) is 2.97. The number of aliphatic hydroxyl groups is 2.